The quantitative estimate of drug-likeness (QED) is 0.731. The van der Waals surface area contributed by atoms with E-state index >= 15 is 0 Å². The molecule has 0 bridgehead atoms. The van der Waals surface area contributed by atoms with E-state index in [0.717, 1.165) is 31.9 Å². The first-order valence-electron chi connectivity index (χ1n) is 5.06. The number of nitrogens with one attached hydrogen (secondary N) is 1. The molecule has 1 saturated heterocycles. The monoisotopic (exact) mass is 210 g/mol. The Morgan fingerprint density at radius 1 is 1.33 bits per heavy atom. The van der Waals surface area contributed by atoms with Gasteiger partial charge in [0.25, 0.3) is 0 Å². The average Bonchev–Trinajstić information content (AvgIpc) is 2.22. The summed E-state index contributed by atoms with van der Waals surface area (Å²) in [5.74, 6) is -0.450. The molecule has 0 saturated carbocycles. The van der Waals surface area contributed by atoms with E-state index in [9.17, 15) is 4.39 Å². The summed E-state index contributed by atoms with van der Waals surface area (Å²) in [7, 11) is 2.10. The van der Waals surface area contributed by atoms with Gasteiger partial charge in [0.2, 0.25) is 5.95 Å². The van der Waals surface area contributed by atoms with E-state index in [2.05, 4.69) is 27.4 Å². The van der Waals surface area contributed by atoms with Crippen molar-refractivity contribution in [2.45, 2.75) is 0 Å². The van der Waals surface area contributed by atoms with Gasteiger partial charge < -0.3 is 10.3 Å². The fraction of sp³-hybridized carbons (Fsp3) is 0.500. The average molecular weight is 210 g/mol. The molecule has 4 nitrogen and oxygen atoms in total. The van der Waals surface area contributed by atoms with Gasteiger partial charge >= 0.3 is 0 Å². The lowest BCUT2D eigenvalue weighted by molar-refractivity contribution is 0.179. The largest absolute Gasteiger partial charge is 0.319 e. The summed E-state index contributed by atoms with van der Waals surface area (Å²) in [6, 6.07) is 3.17. The zero-order valence-corrected chi connectivity index (χ0v) is 8.78. The van der Waals surface area contributed by atoms with Gasteiger partial charge in [-0.2, -0.15) is 4.39 Å². The minimum atomic E-state index is -0.450. The van der Waals surface area contributed by atoms with Crippen LogP contribution in [0.4, 0.5) is 10.1 Å². The molecule has 15 heavy (non-hydrogen) atoms. The smallest absolute Gasteiger partial charge is 0.214 e. The second kappa shape index (κ2) is 4.55. The molecule has 2 rings (SSSR count). The van der Waals surface area contributed by atoms with Crippen LogP contribution in [-0.2, 0) is 0 Å². The second-order valence-corrected chi connectivity index (χ2v) is 3.77. The van der Waals surface area contributed by atoms with Crippen molar-refractivity contribution in [2.75, 3.05) is 38.7 Å². The first kappa shape index (κ1) is 10.3. The predicted molar refractivity (Wildman–Crippen MR) is 56.9 cm³/mol. The summed E-state index contributed by atoms with van der Waals surface area (Å²) in [6.45, 7) is 3.95. The zero-order valence-electron chi connectivity index (χ0n) is 8.78. The first-order chi connectivity index (χ1) is 7.24. The van der Waals surface area contributed by atoms with Crippen LogP contribution in [0.1, 0.15) is 0 Å². The third kappa shape index (κ3) is 2.87. The lowest BCUT2D eigenvalue weighted by Gasteiger charge is -2.32. The summed E-state index contributed by atoms with van der Waals surface area (Å²) in [4.78, 5) is 5.78. The van der Waals surface area contributed by atoms with E-state index in [0.29, 0.717) is 0 Å². The van der Waals surface area contributed by atoms with Gasteiger partial charge in [0.05, 0.1) is 5.69 Å². The number of likely N-dealkylation sites (N-methyl/N-ethyl adjacent to an activating group) is 1. The number of pyridine rings is 1. The highest BCUT2D eigenvalue weighted by atomic mass is 19.1. The topological polar surface area (TPSA) is 31.4 Å². The van der Waals surface area contributed by atoms with Crippen LogP contribution in [-0.4, -0.2) is 48.1 Å². The molecule has 0 aliphatic carbocycles. The van der Waals surface area contributed by atoms with Crippen LogP contribution < -0.4 is 5.43 Å². The van der Waals surface area contributed by atoms with Crippen LogP contribution in [0.5, 0.6) is 0 Å². The molecule has 0 unspecified atom stereocenters. The number of hydrogen-bond acceptors (Lipinski definition) is 4. The summed E-state index contributed by atoms with van der Waals surface area (Å²) < 4.78 is 12.8. The fourth-order valence-corrected chi connectivity index (χ4v) is 1.57. The molecular weight excluding hydrogens is 195 g/mol. The molecule has 1 fully saturated rings. The van der Waals surface area contributed by atoms with Crippen LogP contribution >= 0.6 is 0 Å². The Labute approximate surface area is 88.7 Å². The number of rotatable bonds is 2. The van der Waals surface area contributed by atoms with E-state index in [1.54, 1.807) is 6.07 Å². The highest BCUT2D eigenvalue weighted by Gasteiger charge is 2.13. The van der Waals surface area contributed by atoms with E-state index in [-0.39, 0.29) is 0 Å². The molecule has 2 heterocycles. The van der Waals surface area contributed by atoms with E-state index in [1.807, 2.05) is 0 Å². The zero-order chi connectivity index (χ0) is 10.7. The molecule has 1 aromatic rings. The van der Waals surface area contributed by atoms with E-state index < -0.39 is 5.95 Å². The number of aromatic nitrogens is 1. The predicted octanol–water partition coefficient (Wildman–Crippen LogP) is 0.795. The van der Waals surface area contributed by atoms with Crippen LogP contribution in [0.25, 0.3) is 0 Å². The number of hydrogen-bond donors (Lipinski definition) is 1. The van der Waals surface area contributed by atoms with Gasteiger partial charge in [-0.25, -0.2) is 9.99 Å². The van der Waals surface area contributed by atoms with Gasteiger partial charge in [0, 0.05) is 38.4 Å². The lowest BCUT2D eigenvalue weighted by atomic mass is 10.4. The van der Waals surface area contributed by atoms with Gasteiger partial charge in [0.1, 0.15) is 0 Å². The Morgan fingerprint density at radius 3 is 2.73 bits per heavy atom. The minimum Gasteiger partial charge on any atom is -0.319 e. The van der Waals surface area contributed by atoms with Crippen molar-refractivity contribution in [2.24, 2.45) is 0 Å². The number of nitrogens with zero attached hydrogens (tertiary/aromatic N) is 3. The molecule has 82 valence electrons. The Hall–Kier alpha value is -1.20. The van der Waals surface area contributed by atoms with Crippen LogP contribution in [0.3, 0.4) is 0 Å². The number of hydrazine groups is 1. The number of anilines is 1. The number of halogens is 1. The van der Waals surface area contributed by atoms with Gasteiger partial charge in [0.15, 0.2) is 0 Å². The molecule has 0 atom stereocenters. The minimum absolute atomic E-state index is 0.450. The molecule has 1 aliphatic heterocycles. The Morgan fingerprint density at radius 2 is 2.07 bits per heavy atom. The van der Waals surface area contributed by atoms with Gasteiger partial charge in [-0.15, -0.1) is 0 Å². The molecular formula is C10H15FN4. The van der Waals surface area contributed by atoms with Gasteiger partial charge in [-0.1, -0.05) is 0 Å². The van der Waals surface area contributed by atoms with Crippen LogP contribution in [0, 0.1) is 5.95 Å². The highest BCUT2D eigenvalue weighted by Crippen LogP contribution is 2.09. The molecule has 1 aromatic heterocycles. The Kier molecular flexibility index (Phi) is 3.13. The SMILES string of the molecule is CN1CCN(Nc2ccnc(F)c2)CC1. The maximum atomic E-state index is 12.8. The Bertz CT molecular complexity index is 323. The van der Waals surface area contributed by atoms with Crippen molar-refractivity contribution in [3.63, 3.8) is 0 Å². The normalized spacial score (nSPS) is 19.1. The summed E-state index contributed by atoms with van der Waals surface area (Å²) in [6.07, 6.45) is 1.47. The summed E-state index contributed by atoms with van der Waals surface area (Å²) in [5.41, 5.74) is 3.93. The van der Waals surface area contributed by atoms with Crippen molar-refractivity contribution in [1.82, 2.24) is 14.9 Å². The van der Waals surface area contributed by atoms with Crippen molar-refractivity contribution >= 4 is 5.69 Å². The standard InChI is InChI=1S/C10H15FN4/c1-14-4-6-15(7-5-14)13-9-2-3-12-10(11)8-9/h2-3,8H,4-7H2,1H3,(H,12,13). The summed E-state index contributed by atoms with van der Waals surface area (Å²) >= 11 is 0. The molecule has 1 N–H and O–H groups in total. The lowest BCUT2D eigenvalue weighted by Crippen LogP contribution is -2.46. The van der Waals surface area contributed by atoms with Gasteiger partial charge in [-0.05, 0) is 13.1 Å². The van der Waals surface area contributed by atoms with Crippen molar-refractivity contribution in [3.8, 4) is 0 Å². The maximum Gasteiger partial charge on any atom is 0.214 e. The van der Waals surface area contributed by atoms with E-state index in [1.165, 1.54) is 12.3 Å². The molecule has 0 amide bonds. The summed E-state index contributed by atoms with van der Waals surface area (Å²) in [5, 5.41) is 2.09. The number of piperazine rings is 1. The molecule has 0 radical (unpaired) electrons. The third-order valence-electron chi connectivity index (χ3n) is 2.52. The molecule has 5 heteroatoms. The first-order valence-corrected chi connectivity index (χ1v) is 5.06. The third-order valence-corrected chi connectivity index (χ3v) is 2.52. The Balaban J connectivity index is 1.92. The maximum absolute atomic E-state index is 12.8. The van der Waals surface area contributed by atoms with Crippen molar-refractivity contribution in [3.05, 3.63) is 24.3 Å². The fourth-order valence-electron chi connectivity index (χ4n) is 1.57. The second-order valence-electron chi connectivity index (χ2n) is 3.77. The molecule has 0 spiro atoms. The molecule has 0 aromatic carbocycles. The van der Waals surface area contributed by atoms with Crippen molar-refractivity contribution in [1.29, 1.82) is 0 Å². The highest BCUT2D eigenvalue weighted by molar-refractivity contribution is 5.40. The van der Waals surface area contributed by atoms with E-state index in [4.69, 9.17) is 0 Å². The van der Waals surface area contributed by atoms with Gasteiger partial charge in [-0.3, -0.25) is 0 Å². The van der Waals surface area contributed by atoms with Crippen LogP contribution in [0.15, 0.2) is 18.3 Å². The molecule has 1 aliphatic rings. The van der Waals surface area contributed by atoms with Crippen molar-refractivity contribution < 1.29 is 4.39 Å². The van der Waals surface area contributed by atoms with Crippen LogP contribution in [0.2, 0.25) is 0 Å².